The topological polar surface area (TPSA) is 162 Å². The van der Waals surface area contributed by atoms with Crippen molar-refractivity contribution >= 4 is 29.3 Å². The van der Waals surface area contributed by atoms with Crippen molar-refractivity contribution in [1.82, 2.24) is 36.6 Å². The van der Waals surface area contributed by atoms with E-state index in [1.54, 1.807) is 12.1 Å². The fraction of sp³-hybridized carbons (Fsp3) is 0.414. The number of hydrogen-bond donors (Lipinski definition) is 4. The Bertz CT molecular complexity index is 1350. The number of rotatable bonds is 12. The number of hydrogen-bond acceptors (Lipinski definition) is 7. The second-order valence-corrected chi connectivity index (χ2v) is 10.4. The normalized spacial score (nSPS) is 16.3. The third-order valence-electron chi connectivity index (χ3n) is 7.25. The van der Waals surface area contributed by atoms with Crippen LogP contribution in [0.3, 0.4) is 0 Å². The minimum Gasteiger partial charge on any atom is -0.351 e. The molecule has 1 unspecified atom stereocenters. The maximum absolute atomic E-state index is 13.5. The molecule has 0 saturated heterocycles. The van der Waals surface area contributed by atoms with Crippen LogP contribution in [0.15, 0.2) is 54.6 Å². The van der Waals surface area contributed by atoms with E-state index in [9.17, 15) is 19.2 Å². The van der Waals surface area contributed by atoms with Gasteiger partial charge in [-0.2, -0.15) is 5.21 Å². The monoisotopic (exact) mass is 560 g/mol. The molecule has 2 heterocycles. The van der Waals surface area contributed by atoms with Crippen LogP contribution in [0.4, 0.5) is 5.69 Å². The van der Waals surface area contributed by atoms with Crippen molar-refractivity contribution in [2.45, 2.75) is 64.6 Å². The maximum atomic E-state index is 13.5. The molecule has 4 N–H and O–H groups in total. The number of anilines is 1. The Labute approximate surface area is 238 Å². The van der Waals surface area contributed by atoms with Gasteiger partial charge in [0.05, 0.1) is 13.0 Å². The van der Waals surface area contributed by atoms with Crippen molar-refractivity contribution < 1.29 is 19.2 Å². The van der Waals surface area contributed by atoms with Crippen LogP contribution < -0.4 is 20.9 Å². The van der Waals surface area contributed by atoms with Gasteiger partial charge in [0.25, 0.3) is 0 Å². The highest BCUT2D eigenvalue weighted by atomic mass is 16.2. The van der Waals surface area contributed by atoms with Crippen LogP contribution in [0, 0.1) is 5.92 Å². The van der Waals surface area contributed by atoms with Crippen molar-refractivity contribution in [3.8, 4) is 0 Å². The van der Waals surface area contributed by atoms with Crippen molar-refractivity contribution in [3.63, 3.8) is 0 Å². The zero-order valence-corrected chi connectivity index (χ0v) is 23.5. The Hall–Kier alpha value is -4.61. The zero-order chi connectivity index (χ0) is 29.4. The standard InChI is InChI=1S/C29H36N8O4/c1-4-18(2)27(32-25(38)15-20-10-6-5-7-11-20)29(41)30-17-26(39)37-22-13-9-8-12-21(22)16-23(37)28(40)31-19(3)14-24-33-35-36-34-24/h5-13,18-19,23,27H,4,14-17H2,1-3H3,(H,30,41)(H,31,40)(H,32,38)(H,33,34,35,36)/t18-,19?,23-,27-/m0/s1. The summed E-state index contributed by atoms with van der Waals surface area (Å²) in [7, 11) is 0. The molecule has 1 aromatic heterocycles. The first kappa shape index (κ1) is 29.4. The SMILES string of the molecule is CC[C@H](C)[C@H](NC(=O)Cc1ccccc1)C(=O)NCC(=O)N1c2ccccc2C[C@H]1C(=O)NC(C)Cc1nn[nH]n1. The molecular formula is C29H36N8O4. The number of benzene rings is 2. The van der Waals surface area contributed by atoms with E-state index in [2.05, 4.69) is 36.6 Å². The molecule has 0 saturated carbocycles. The van der Waals surface area contributed by atoms with E-state index in [4.69, 9.17) is 0 Å². The molecule has 0 spiro atoms. The summed E-state index contributed by atoms with van der Waals surface area (Å²) in [4.78, 5) is 54.2. The van der Waals surface area contributed by atoms with Crippen LogP contribution in [0.25, 0.3) is 0 Å². The van der Waals surface area contributed by atoms with Crippen LogP contribution >= 0.6 is 0 Å². The number of carbonyl (C=O) groups excluding carboxylic acids is 4. The summed E-state index contributed by atoms with van der Waals surface area (Å²) < 4.78 is 0. The molecular weight excluding hydrogens is 524 g/mol. The smallest absolute Gasteiger partial charge is 0.247 e. The molecule has 0 bridgehead atoms. The van der Waals surface area contributed by atoms with Gasteiger partial charge in [-0.1, -0.05) is 74.0 Å². The van der Waals surface area contributed by atoms with Gasteiger partial charge in [0.1, 0.15) is 12.1 Å². The fourth-order valence-electron chi connectivity index (χ4n) is 4.90. The molecule has 1 aliphatic rings. The van der Waals surface area contributed by atoms with Gasteiger partial charge >= 0.3 is 0 Å². The Balaban J connectivity index is 1.40. The van der Waals surface area contributed by atoms with E-state index >= 15 is 0 Å². The molecule has 12 nitrogen and oxygen atoms in total. The first-order chi connectivity index (χ1) is 19.8. The highest BCUT2D eigenvalue weighted by Gasteiger charge is 2.39. The summed E-state index contributed by atoms with van der Waals surface area (Å²) in [6, 6.07) is 14.7. The quantitative estimate of drug-likeness (QED) is 0.258. The van der Waals surface area contributed by atoms with Crippen LogP contribution in [0.5, 0.6) is 0 Å². The summed E-state index contributed by atoms with van der Waals surface area (Å²) in [6.45, 7) is 5.31. The Morgan fingerprint density at radius 3 is 2.46 bits per heavy atom. The fourth-order valence-corrected chi connectivity index (χ4v) is 4.90. The van der Waals surface area contributed by atoms with Gasteiger partial charge in [0.2, 0.25) is 23.6 Å². The highest BCUT2D eigenvalue weighted by molar-refractivity contribution is 6.05. The number of nitrogens with zero attached hydrogens (tertiary/aromatic N) is 4. The van der Waals surface area contributed by atoms with Gasteiger partial charge < -0.3 is 16.0 Å². The Kier molecular flexibility index (Phi) is 9.77. The van der Waals surface area contributed by atoms with Crippen molar-refractivity contribution in [2.24, 2.45) is 5.92 Å². The van der Waals surface area contributed by atoms with E-state index in [0.29, 0.717) is 30.8 Å². The molecule has 3 aromatic rings. The number of nitrogens with one attached hydrogen (secondary N) is 4. The number of tetrazole rings is 1. The van der Waals surface area contributed by atoms with E-state index in [1.807, 2.05) is 63.2 Å². The van der Waals surface area contributed by atoms with Crippen LogP contribution in [0.1, 0.15) is 44.1 Å². The number of aromatic amines is 1. The molecule has 41 heavy (non-hydrogen) atoms. The summed E-state index contributed by atoms with van der Waals surface area (Å²) in [5, 5.41) is 22.2. The Morgan fingerprint density at radius 1 is 1.02 bits per heavy atom. The third-order valence-corrected chi connectivity index (χ3v) is 7.25. The van der Waals surface area contributed by atoms with Gasteiger partial charge in [-0.05, 0) is 30.0 Å². The van der Waals surface area contributed by atoms with Crippen LogP contribution in [0.2, 0.25) is 0 Å². The molecule has 216 valence electrons. The second-order valence-electron chi connectivity index (χ2n) is 10.4. The maximum Gasteiger partial charge on any atom is 0.247 e. The Morgan fingerprint density at radius 2 is 1.76 bits per heavy atom. The molecule has 12 heteroatoms. The minimum atomic E-state index is -0.806. The summed E-state index contributed by atoms with van der Waals surface area (Å²) in [5.41, 5.74) is 2.34. The highest BCUT2D eigenvalue weighted by Crippen LogP contribution is 2.32. The first-order valence-corrected chi connectivity index (χ1v) is 13.8. The lowest BCUT2D eigenvalue weighted by Gasteiger charge is -2.27. The van der Waals surface area contributed by atoms with E-state index in [1.165, 1.54) is 4.90 Å². The number of fused-ring (bicyclic) bond motifs is 1. The van der Waals surface area contributed by atoms with Gasteiger partial charge in [-0.3, -0.25) is 24.1 Å². The molecule has 2 aromatic carbocycles. The van der Waals surface area contributed by atoms with Gasteiger partial charge in [0.15, 0.2) is 5.82 Å². The van der Waals surface area contributed by atoms with E-state index in [-0.39, 0.29) is 36.7 Å². The van der Waals surface area contributed by atoms with Crippen molar-refractivity contribution in [1.29, 1.82) is 0 Å². The molecule has 4 rings (SSSR count). The summed E-state index contributed by atoms with van der Waals surface area (Å²) >= 11 is 0. The molecule has 4 amide bonds. The summed E-state index contributed by atoms with van der Waals surface area (Å²) in [5.74, 6) is -1.15. The lowest BCUT2D eigenvalue weighted by atomic mass is 9.98. The van der Waals surface area contributed by atoms with Gasteiger partial charge in [-0.15, -0.1) is 10.2 Å². The average Bonchev–Trinajstić information content (AvgIpc) is 3.62. The average molecular weight is 561 g/mol. The molecule has 0 fully saturated rings. The number of H-pyrrole nitrogens is 1. The van der Waals surface area contributed by atoms with Gasteiger partial charge in [-0.25, -0.2) is 0 Å². The van der Waals surface area contributed by atoms with E-state index < -0.39 is 23.9 Å². The molecule has 1 aliphatic heterocycles. The first-order valence-electron chi connectivity index (χ1n) is 13.8. The van der Waals surface area contributed by atoms with Crippen molar-refractivity contribution in [3.05, 3.63) is 71.5 Å². The lowest BCUT2D eigenvalue weighted by molar-refractivity contribution is -0.131. The summed E-state index contributed by atoms with van der Waals surface area (Å²) in [6.07, 6.45) is 1.52. The third kappa shape index (κ3) is 7.53. The largest absolute Gasteiger partial charge is 0.351 e. The number of carbonyl (C=O) groups is 4. The second kappa shape index (κ2) is 13.6. The van der Waals surface area contributed by atoms with Crippen molar-refractivity contribution in [2.75, 3.05) is 11.4 Å². The van der Waals surface area contributed by atoms with Gasteiger partial charge in [0, 0.05) is 24.6 Å². The van der Waals surface area contributed by atoms with Crippen LogP contribution in [-0.2, 0) is 38.4 Å². The predicted molar refractivity (Wildman–Crippen MR) is 151 cm³/mol. The number of amides is 4. The zero-order valence-electron chi connectivity index (χ0n) is 23.5. The predicted octanol–water partition coefficient (Wildman–Crippen LogP) is 1.09. The van der Waals surface area contributed by atoms with Crippen LogP contribution in [-0.4, -0.2) is 68.9 Å². The molecule has 0 aliphatic carbocycles. The van der Waals surface area contributed by atoms with E-state index in [0.717, 1.165) is 11.1 Å². The minimum absolute atomic E-state index is 0.145. The molecule has 4 atom stereocenters. The lowest BCUT2D eigenvalue weighted by Crippen LogP contribution is -2.55. The number of aromatic nitrogens is 4. The number of para-hydroxylation sites is 1. The molecule has 0 radical (unpaired) electrons.